The van der Waals surface area contributed by atoms with Crippen LogP contribution < -0.4 is 5.73 Å². The second-order valence-electron chi connectivity index (χ2n) is 7.61. The molecular formula is C21H26ClN5O. The van der Waals surface area contributed by atoms with E-state index in [2.05, 4.69) is 14.9 Å². The molecule has 2 aliphatic rings. The maximum absolute atomic E-state index is 12.8. The summed E-state index contributed by atoms with van der Waals surface area (Å²) in [6, 6.07) is 7.76. The molecule has 1 amide bonds. The lowest BCUT2D eigenvalue weighted by Crippen LogP contribution is -2.43. The molecule has 1 atom stereocenters. The van der Waals surface area contributed by atoms with Crippen LogP contribution >= 0.6 is 11.6 Å². The van der Waals surface area contributed by atoms with Gasteiger partial charge >= 0.3 is 0 Å². The Hall–Kier alpha value is -2.18. The monoisotopic (exact) mass is 399 g/mol. The van der Waals surface area contributed by atoms with Gasteiger partial charge < -0.3 is 10.6 Å². The first-order chi connectivity index (χ1) is 13.6. The summed E-state index contributed by atoms with van der Waals surface area (Å²) in [4.78, 5) is 25.8. The lowest BCUT2D eigenvalue weighted by atomic mass is 9.94. The molecule has 0 radical (unpaired) electrons. The molecule has 0 aliphatic carbocycles. The van der Waals surface area contributed by atoms with Gasteiger partial charge in [-0.05, 0) is 49.9 Å². The van der Waals surface area contributed by atoms with Crippen LogP contribution in [-0.4, -0.2) is 51.9 Å². The van der Waals surface area contributed by atoms with E-state index in [1.54, 1.807) is 6.20 Å². The number of aromatic nitrogens is 2. The van der Waals surface area contributed by atoms with Crippen molar-refractivity contribution in [3.63, 3.8) is 0 Å². The number of carbonyl (C=O) groups excluding carboxylic acids is 1. The van der Waals surface area contributed by atoms with Crippen LogP contribution in [0.4, 0.5) is 5.95 Å². The van der Waals surface area contributed by atoms with E-state index in [1.165, 1.54) is 0 Å². The second-order valence-corrected chi connectivity index (χ2v) is 8.04. The minimum atomic E-state index is 0.0552. The highest BCUT2D eigenvalue weighted by atomic mass is 35.5. The Morgan fingerprint density at radius 2 is 1.96 bits per heavy atom. The lowest BCUT2D eigenvalue weighted by molar-refractivity contribution is -0.132. The molecule has 2 saturated heterocycles. The molecule has 0 spiro atoms. The number of anilines is 1. The number of halogens is 1. The van der Waals surface area contributed by atoms with Crippen LogP contribution in [0.15, 0.2) is 30.5 Å². The molecule has 4 rings (SSSR count). The number of nitrogen functional groups attached to an aromatic ring is 1. The number of hydrogen-bond acceptors (Lipinski definition) is 5. The van der Waals surface area contributed by atoms with Gasteiger partial charge in [-0.1, -0.05) is 30.2 Å². The van der Waals surface area contributed by atoms with E-state index in [0.29, 0.717) is 11.6 Å². The molecule has 0 saturated carbocycles. The highest BCUT2D eigenvalue weighted by Gasteiger charge is 2.31. The number of nitrogens with zero attached hydrogens (tertiary/aromatic N) is 4. The summed E-state index contributed by atoms with van der Waals surface area (Å²) in [6.45, 7) is 3.09. The van der Waals surface area contributed by atoms with Crippen LogP contribution in [0.1, 0.15) is 43.8 Å². The van der Waals surface area contributed by atoms with Gasteiger partial charge in [0.1, 0.15) is 0 Å². The van der Waals surface area contributed by atoms with Crippen molar-refractivity contribution in [3.8, 4) is 11.1 Å². The van der Waals surface area contributed by atoms with Crippen molar-refractivity contribution in [2.45, 2.75) is 38.1 Å². The first kappa shape index (κ1) is 19.2. The summed E-state index contributed by atoms with van der Waals surface area (Å²) in [5, 5.41) is 0.671. The predicted molar refractivity (Wildman–Crippen MR) is 111 cm³/mol. The highest BCUT2D eigenvalue weighted by Crippen LogP contribution is 2.36. The number of likely N-dealkylation sites (tertiary alicyclic amines) is 2. The fourth-order valence-corrected chi connectivity index (χ4v) is 4.46. The van der Waals surface area contributed by atoms with Gasteiger partial charge in [-0.15, -0.1) is 0 Å². The largest absolute Gasteiger partial charge is 0.368 e. The average molecular weight is 400 g/mol. The van der Waals surface area contributed by atoms with Crippen LogP contribution in [0.3, 0.4) is 0 Å². The molecule has 6 nitrogen and oxygen atoms in total. The van der Waals surface area contributed by atoms with E-state index in [4.69, 9.17) is 17.3 Å². The van der Waals surface area contributed by atoms with Crippen LogP contribution in [0, 0.1) is 0 Å². The molecule has 2 aliphatic heterocycles. The standard InChI is InChI=1S/C21H26ClN5O/c22-16-7-5-6-15(12-16)17-13-24-21(23)25-20(17)18-8-1-2-11-27(18)14-19(28)26-9-3-4-10-26/h5-7,12-13,18H,1-4,8-11,14H2,(H2,23,24,25). The fourth-order valence-electron chi connectivity index (χ4n) is 4.27. The first-order valence-electron chi connectivity index (χ1n) is 10.0. The third-order valence-electron chi connectivity index (χ3n) is 5.70. The smallest absolute Gasteiger partial charge is 0.236 e. The Labute approximate surface area is 170 Å². The van der Waals surface area contributed by atoms with Crippen LogP contribution in [0.25, 0.3) is 11.1 Å². The zero-order chi connectivity index (χ0) is 19.5. The topological polar surface area (TPSA) is 75.3 Å². The van der Waals surface area contributed by atoms with Gasteiger partial charge in [-0.3, -0.25) is 9.69 Å². The molecule has 1 unspecified atom stereocenters. The fraction of sp³-hybridized carbons (Fsp3) is 0.476. The Kier molecular flexibility index (Phi) is 5.78. The third kappa shape index (κ3) is 4.13. The second kappa shape index (κ2) is 8.45. The average Bonchev–Trinajstić information content (AvgIpc) is 3.23. The quantitative estimate of drug-likeness (QED) is 0.851. The Bertz CT molecular complexity index is 852. The van der Waals surface area contributed by atoms with Crippen LogP contribution in [0.2, 0.25) is 5.02 Å². The molecule has 2 aromatic rings. The molecule has 2 fully saturated rings. The minimum Gasteiger partial charge on any atom is -0.368 e. The molecule has 2 N–H and O–H groups in total. The van der Waals surface area contributed by atoms with Gasteiger partial charge in [0.15, 0.2) is 0 Å². The Balaban J connectivity index is 1.65. The highest BCUT2D eigenvalue weighted by molar-refractivity contribution is 6.30. The van der Waals surface area contributed by atoms with Gasteiger partial charge in [0, 0.05) is 29.9 Å². The summed E-state index contributed by atoms with van der Waals surface area (Å²) >= 11 is 6.21. The predicted octanol–water partition coefficient (Wildman–Crippen LogP) is 3.53. The minimum absolute atomic E-state index is 0.0552. The zero-order valence-corrected chi connectivity index (χ0v) is 16.7. The summed E-state index contributed by atoms with van der Waals surface area (Å²) in [5.41, 5.74) is 8.74. The molecule has 0 bridgehead atoms. The molecule has 1 aromatic carbocycles. The SMILES string of the molecule is Nc1ncc(-c2cccc(Cl)c2)c(C2CCCCN2CC(=O)N2CCCC2)n1. The Morgan fingerprint density at radius 1 is 1.18 bits per heavy atom. The molecule has 7 heteroatoms. The van der Waals surface area contributed by atoms with Crippen molar-refractivity contribution < 1.29 is 4.79 Å². The van der Waals surface area contributed by atoms with E-state index in [-0.39, 0.29) is 17.9 Å². The Morgan fingerprint density at radius 3 is 2.75 bits per heavy atom. The summed E-state index contributed by atoms with van der Waals surface area (Å²) in [5.74, 6) is 0.480. The normalized spacial score (nSPS) is 20.5. The first-order valence-corrected chi connectivity index (χ1v) is 10.4. The van der Waals surface area contributed by atoms with Gasteiger partial charge in [-0.25, -0.2) is 9.97 Å². The summed E-state index contributed by atoms with van der Waals surface area (Å²) < 4.78 is 0. The van der Waals surface area contributed by atoms with Gasteiger partial charge in [0.2, 0.25) is 11.9 Å². The van der Waals surface area contributed by atoms with Crippen LogP contribution in [-0.2, 0) is 4.79 Å². The van der Waals surface area contributed by atoms with Gasteiger partial charge in [0.05, 0.1) is 18.3 Å². The van der Waals surface area contributed by atoms with Crippen molar-refractivity contribution in [1.82, 2.24) is 19.8 Å². The summed E-state index contributed by atoms with van der Waals surface area (Å²) in [6.07, 6.45) is 7.15. The van der Waals surface area contributed by atoms with Gasteiger partial charge in [0.25, 0.3) is 0 Å². The van der Waals surface area contributed by atoms with E-state index in [1.807, 2.05) is 29.2 Å². The van der Waals surface area contributed by atoms with Crippen molar-refractivity contribution in [3.05, 3.63) is 41.2 Å². The number of amides is 1. The maximum atomic E-state index is 12.8. The number of benzene rings is 1. The van der Waals surface area contributed by atoms with E-state index < -0.39 is 0 Å². The molecule has 28 heavy (non-hydrogen) atoms. The molecule has 148 valence electrons. The number of hydrogen-bond donors (Lipinski definition) is 1. The van der Waals surface area contributed by atoms with Crippen LogP contribution in [0.5, 0.6) is 0 Å². The van der Waals surface area contributed by atoms with E-state index in [0.717, 1.165) is 68.6 Å². The zero-order valence-electron chi connectivity index (χ0n) is 16.0. The van der Waals surface area contributed by atoms with Crippen molar-refractivity contribution in [2.75, 3.05) is 31.9 Å². The molecule has 3 heterocycles. The number of carbonyl (C=O) groups is 1. The van der Waals surface area contributed by atoms with E-state index in [9.17, 15) is 4.79 Å². The number of rotatable bonds is 4. The molecular weight excluding hydrogens is 374 g/mol. The molecule has 1 aromatic heterocycles. The van der Waals surface area contributed by atoms with Crippen molar-refractivity contribution in [1.29, 1.82) is 0 Å². The number of nitrogens with two attached hydrogens (primary N) is 1. The lowest BCUT2D eigenvalue weighted by Gasteiger charge is -2.36. The van der Waals surface area contributed by atoms with E-state index >= 15 is 0 Å². The van der Waals surface area contributed by atoms with Gasteiger partial charge in [-0.2, -0.15) is 0 Å². The number of piperidine rings is 1. The maximum Gasteiger partial charge on any atom is 0.236 e. The summed E-state index contributed by atoms with van der Waals surface area (Å²) in [7, 11) is 0. The third-order valence-corrected chi connectivity index (χ3v) is 5.93. The van der Waals surface area contributed by atoms with Crippen molar-refractivity contribution >= 4 is 23.5 Å². The van der Waals surface area contributed by atoms with Crippen molar-refractivity contribution in [2.24, 2.45) is 0 Å².